The first-order valence-corrected chi connectivity index (χ1v) is 10.4. The van der Waals surface area contributed by atoms with Crippen LogP contribution >= 0.6 is 0 Å². The largest absolute Gasteiger partial charge is 0.416 e. The van der Waals surface area contributed by atoms with E-state index in [1.165, 1.54) is 18.5 Å². The number of allylic oxidation sites excluding steroid dienone is 1. The minimum Gasteiger partial charge on any atom is -0.404 e. The van der Waals surface area contributed by atoms with Crippen LogP contribution in [0.3, 0.4) is 0 Å². The second kappa shape index (κ2) is 8.93. The molecule has 0 bridgehead atoms. The lowest BCUT2D eigenvalue weighted by molar-refractivity contribution is -0.137. The highest BCUT2D eigenvalue weighted by atomic mass is 19.4. The third-order valence-corrected chi connectivity index (χ3v) is 5.15. The van der Waals surface area contributed by atoms with Crippen LogP contribution in [-0.4, -0.2) is 36.7 Å². The molecule has 0 saturated carbocycles. The molecule has 0 atom stereocenters. The van der Waals surface area contributed by atoms with Crippen molar-refractivity contribution in [2.45, 2.75) is 32.5 Å². The van der Waals surface area contributed by atoms with E-state index < -0.39 is 11.7 Å². The third kappa shape index (κ3) is 4.38. The van der Waals surface area contributed by atoms with Crippen molar-refractivity contribution >= 4 is 28.7 Å². The van der Waals surface area contributed by atoms with Gasteiger partial charge in [0.05, 0.1) is 11.1 Å². The Morgan fingerprint density at radius 1 is 1.33 bits per heavy atom. The molecular formula is C22H22F3N7O. The summed E-state index contributed by atoms with van der Waals surface area (Å²) in [4.78, 5) is 29.0. The molecule has 0 saturated heterocycles. The Morgan fingerprint density at radius 2 is 2.15 bits per heavy atom. The highest BCUT2D eigenvalue weighted by Crippen LogP contribution is 2.29. The van der Waals surface area contributed by atoms with E-state index in [0.29, 0.717) is 46.9 Å². The summed E-state index contributed by atoms with van der Waals surface area (Å²) in [5.41, 5.74) is 6.56. The highest BCUT2D eigenvalue weighted by molar-refractivity contribution is 6.08. The van der Waals surface area contributed by atoms with Crippen molar-refractivity contribution in [2.75, 3.05) is 6.54 Å². The number of aliphatic imine (C=N–C) groups is 1. The van der Waals surface area contributed by atoms with Crippen molar-refractivity contribution in [3.63, 3.8) is 0 Å². The molecule has 0 amide bonds. The van der Waals surface area contributed by atoms with E-state index in [-0.39, 0.29) is 12.1 Å². The predicted molar refractivity (Wildman–Crippen MR) is 120 cm³/mol. The van der Waals surface area contributed by atoms with Gasteiger partial charge >= 0.3 is 6.18 Å². The van der Waals surface area contributed by atoms with Crippen LogP contribution in [0, 0.1) is 0 Å². The fourth-order valence-corrected chi connectivity index (χ4v) is 3.58. The molecular weight excluding hydrogens is 435 g/mol. The number of aromatic nitrogens is 5. The van der Waals surface area contributed by atoms with Crippen LogP contribution in [-0.2, 0) is 19.1 Å². The maximum Gasteiger partial charge on any atom is 0.416 e. The molecule has 33 heavy (non-hydrogen) atoms. The molecule has 0 spiro atoms. The number of aryl methyl sites for hydroxylation is 1. The fraction of sp³-hybridized carbons (Fsp3) is 0.273. The van der Waals surface area contributed by atoms with Gasteiger partial charge in [0.2, 0.25) is 5.78 Å². The Bertz CT molecular complexity index is 1410. The summed E-state index contributed by atoms with van der Waals surface area (Å²) in [6.07, 6.45) is 2.83. The molecule has 172 valence electrons. The second-order valence-electron chi connectivity index (χ2n) is 7.44. The lowest BCUT2D eigenvalue weighted by Gasteiger charge is -2.07. The van der Waals surface area contributed by atoms with Crippen molar-refractivity contribution in [3.8, 4) is 0 Å². The first-order valence-electron chi connectivity index (χ1n) is 10.4. The lowest BCUT2D eigenvalue weighted by atomic mass is 10.1. The fourth-order valence-electron chi connectivity index (χ4n) is 3.58. The SMILES string of the molecule is CCCn1c(=O)c2[nH]c(C(C=NCCc3cccc(C(F)(F)F)c3)=CN)nc2n2ccnc12. The Kier molecular flexibility index (Phi) is 6.03. The molecule has 3 heterocycles. The van der Waals surface area contributed by atoms with Gasteiger partial charge in [0.15, 0.2) is 11.2 Å². The Hall–Kier alpha value is -3.89. The second-order valence-corrected chi connectivity index (χ2v) is 7.44. The van der Waals surface area contributed by atoms with Crippen LogP contribution in [0.5, 0.6) is 0 Å². The molecule has 0 aliphatic heterocycles. The van der Waals surface area contributed by atoms with E-state index >= 15 is 0 Å². The van der Waals surface area contributed by atoms with E-state index in [0.717, 1.165) is 18.6 Å². The number of rotatable bonds is 7. The summed E-state index contributed by atoms with van der Waals surface area (Å²) in [6.45, 7) is 2.74. The number of benzene rings is 1. The molecule has 1 aromatic carbocycles. The van der Waals surface area contributed by atoms with Crippen molar-refractivity contribution in [1.29, 1.82) is 0 Å². The maximum absolute atomic E-state index is 12.9. The minimum absolute atomic E-state index is 0.234. The topological polar surface area (TPSA) is 106 Å². The quantitative estimate of drug-likeness (QED) is 0.415. The van der Waals surface area contributed by atoms with E-state index in [1.54, 1.807) is 27.4 Å². The molecule has 3 aromatic heterocycles. The number of alkyl halides is 3. The van der Waals surface area contributed by atoms with Gasteiger partial charge in [0.25, 0.3) is 5.56 Å². The van der Waals surface area contributed by atoms with Crippen LogP contribution in [0.15, 0.2) is 52.6 Å². The average molecular weight is 457 g/mol. The molecule has 11 heteroatoms. The standard InChI is InChI=1S/C22H22F3N7O/c1-2-9-32-20(33)17-19(31-10-8-28-21(31)32)30-18(29-17)15(12-26)13-27-7-6-14-4-3-5-16(11-14)22(23,24)25/h3-5,8,10-13H,2,6-7,9,26H2,1H3,(H,29,30). The van der Waals surface area contributed by atoms with E-state index in [9.17, 15) is 18.0 Å². The van der Waals surface area contributed by atoms with E-state index in [1.807, 2.05) is 6.92 Å². The number of nitrogens with one attached hydrogen (secondary N) is 1. The minimum atomic E-state index is -4.38. The number of nitrogens with zero attached hydrogens (tertiary/aromatic N) is 5. The Balaban J connectivity index is 1.57. The Labute approximate surface area is 186 Å². The van der Waals surface area contributed by atoms with Crippen molar-refractivity contribution in [1.82, 2.24) is 23.9 Å². The molecule has 0 aliphatic carbocycles. The molecule has 0 aliphatic rings. The van der Waals surface area contributed by atoms with Gasteiger partial charge in [-0.05, 0) is 24.5 Å². The van der Waals surface area contributed by atoms with Gasteiger partial charge in [-0.2, -0.15) is 13.2 Å². The number of nitrogens with two attached hydrogens (primary N) is 1. The molecule has 4 aromatic rings. The third-order valence-electron chi connectivity index (χ3n) is 5.15. The van der Waals surface area contributed by atoms with Gasteiger partial charge in [-0.1, -0.05) is 25.1 Å². The summed E-state index contributed by atoms with van der Waals surface area (Å²) >= 11 is 0. The summed E-state index contributed by atoms with van der Waals surface area (Å²) in [6, 6.07) is 5.16. The molecule has 4 rings (SSSR count). The summed E-state index contributed by atoms with van der Waals surface area (Å²) < 4.78 is 41.9. The molecule has 0 fully saturated rings. The monoisotopic (exact) mass is 457 g/mol. The van der Waals surface area contributed by atoms with E-state index in [2.05, 4.69) is 19.9 Å². The van der Waals surface area contributed by atoms with Crippen LogP contribution in [0.4, 0.5) is 13.2 Å². The lowest BCUT2D eigenvalue weighted by Crippen LogP contribution is -2.23. The van der Waals surface area contributed by atoms with Gasteiger partial charge in [0, 0.05) is 37.9 Å². The number of H-pyrrole nitrogens is 1. The number of imidazole rings is 2. The zero-order valence-corrected chi connectivity index (χ0v) is 17.8. The van der Waals surface area contributed by atoms with Crippen LogP contribution < -0.4 is 11.3 Å². The molecule has 3 N–H and O–H groups in total. The highest BCUT2D eigenvalue weighted by Gasteiger charge is 2.30. The number of fused-ring (bicyclic) bond motifs is 3. The number of halogens is 3. The number of aromatic amines is 1. The summed E-state index contributed by atoms with van der Waals surface area (Å²) in [5.74, 6) is 0.858. The first kappa shape index (κ1) is 22.3. The Morgan fingerprint density at radius 3 is 2.88 bits per heavy atom. The number of hydrogen-bond donors (Lipinski definition) is 2. The van der Waals surface area contributed by atoms with Gasteiger partial charge < -0.3 is 10.7 Å². The van der Waals surface area contributed by atoms with Crippen LogP contribution in [0.25, 0.3) is 22.5 Å². The van der Waals surface area contributed by atoms with Crippen molar-refractivity contribution in [3.05, 3.63) is 70.2 Å². The zero-order chi connectivity index (χ0) is 23.6. The summed E-state index contributed by atoms with van der Waals surface area (Å²) in [7, 11) is 0. The molecule has 0 radical (unpaired) electrons. The molecule has 0 unspecified atom stereocenters. The maximum atomic E-state index is 12.9. The van der Waals surface area contributed by atoms with Crippen LogP contribution in [0.1, 0.15) is 30.3 Å². The van der Waals surface area contributed by atoms with Crippen LogP contribution in [0.2, 0.25) is 0 Å². The van der Waals surface area contributed by atoms with Gasteiger partial charge in [-0.3, -0.25) is 18.8 Å². The smallest absolute Gasteiger partial charge is 0.404 e. The van der Waals surface area contributed by atoms with Crippen molar-refractivity contribution < 1.29 is 13.2 Å². The zero-order valence-electron chi connectivity index (χ0n) is 17.8. The van der Waals surface area contributed by atoms with Gasteiger partial charge in [-0.15, -0.1) is 0 Å². The molecule has 8 nitrogen and oxygen atoms in total. The first-order chi connectivity index (χ1) is 15.8. The van der Waals surface area contributed by atoms with Gasteiger partial charge in [-0.25, -0.2) is 9.97 Å². The normalized spacial score (nSPS) is 13.0. The number of hydrogen-bond acceptors (Lipinski definition) is 5. The average Bonchev–Trinajstić information content (AvgIpc) is 3.44. The van der Waals surface area contributed by atoms with E-state index in [4.69, 9.17) is 5.73 Å². The predicted octanol–water partition coefficient (Wildman–Crippen LogP) is 3.41. The van der Waals surface area contributed by atoms with Gasteiger partial charge in [0.1, 0.15) is 5.82 Å². The van der Waals surface area contributed by atoms with Crippen molar-refractivity contribution in [2.24, 2.45) is 10.7 Å². The summed E-state index contributed by atoms with van der Waals surface area (Å²) in [5, 5.41) is 0.